The molecule has 0 saturated carbocycles. The molecule has 0 saturated heterocycles. The van der Waals surface area contributed by atoms with Gasteiger partial charge in [-0.15, -0.1) is 0 Å². The van der Waals surface area contributed by atoms with Crippen molar-refractivity contribution in [1.29, 1.82) is 0 Å². The van der Waals surface area contributed by atoms with Crippen LogP contribution in [0.1, 0.15) is 0 Å². The van der Waals surface area contributed by atoms with Crippen molar-refractivity contribution in [3.63, 3.8) is 0 Å². The average molecular weight is 372 g/mol. The minimum absolute atomic E-state index is 0.657. The second-order valence-corrected chi connectivity index (χ2v) is 6.06. The fraction of sp³-hybridized carbons (Fsp3) is 0.294. The summed E-state index contributed by atoms with van der Waals surface area (Å²) in [6.45, 7) is -2.66. The van der Waals surface area contributed by atoms with Gasteiger partial charge in [-0.25, -0.2) is 4.18 Å². The summed E-state index contributed by atoms with van der Waals surface area (Å²) in [4.78, 5) is 0. The maximum Gasteiger partial charge on any atom is 0.397 e. The van der Waals surface area contributed by atoms with Gasteiger partial charge in [-0.05, 0) is 0 Å². The van der Waals surface area contributed by atoms with Gasteiger partial charge in [-0.3, -0.25) is 4.55 Å². The van der Waals surface area contributed by atoms with Crippen LogP contribution < -0.4 is 0 Å². The Labute approximate surface area is 148 Å². The Hall–Kier alpha value is -1.81. The lowest BCUT2D eigenvalue weighted by molar-refractivity contribution is -0.0264. The molecule has 4 N–H and O–H groups in total. The van der Waals surface area contributed by atoms with Crippen LogP contribution >= 0.6 is 0 Å². The zero-order valence-corrected chi connectivity index (χ0v) is 14.5. The van der Waals surface area contributed by atoms with Crippen LogP contribution in [0, 0.1) is 5.41 Å². The molecule has 0 atom stereocenters. The molecule has 140 valence electrons. The summed E-state index contributed by atoms with van der Waals surface area (Å²) < 4.78 is 32.3. The summed E-state index contributed by atoms with van der Waals surface area (Å²) in [5, 5.41) is 26.1. The smallest absolute Gasteiger partial charge is 0.396 e. The predicted octanol–water partition coefficient (Wildman–Crippen LogP) is 1.14. The molecule has 0 radical (unpaired) electrons. The van der Waals surface area contributed by atoms with Crippen molar-refractivity contribution >= 4 is 10.4 Å². The van der Waals surface area contributed by atoms with E-state index in [1.54, 1.807) is 0 Å². The number of rotatable bonds is 6. The fourth-order valence-corrected chi connectivity index (χ4v) is 1.66. The number of hydrogen-bond donors (Lipinski definition) is 4. The van der Waals surface area contributed by atoms with Crippen molar-refractivity contribution in [2.45, 2.75) is 0 Å². The summed E-state index contributed by atoms with van der Waals surface area (Å²) in [7, 11) is -4.62. The maximum absolute atomic E-state index is 10.1. The first-order valence-electron chi connectivity index (χ1n) is 7.33. The van der Waals surface area contributed by atoms with Crippen LogP contribution in [0.3, 0.4) is 0 Å². The predicted molar refractivity (Wildman–Crippen MR) is 94.1 cm³/mol. The fourth-order valence-electron chi connectivity index (χ4n) is 1.26. The molecule has 0 unspecified atom stereocenters. The third-order valence-electron chi connectivity index (χ3n) is 2.85. The van der Waals surface area contributed by atoms with Crippen LogP contribution in [0.2, 0.25) is 0 Å². The van der Waals surface area contributed by atoms with Crippen LogP contribution in [-0.2, 0) is 14.6 Å². The minimum Gasteiger partial charge on any atom is -0.396 e. The van der Waals surface area contributed by atoms with Gasteiger partial charge in [0.2, 0.25) is 0 Å². The van der Waals surface area contributed by atoms with E-state index in [1.165, 1.54) is 0 Å². The zero-order chi connectivity index (χ0) is 19.0. The first-order chi connectivity index (χ1) is 11.9. The van der Waals surface area contributed by atoms with E-state index in [4.69, 9.17) is 19.9 Å². The summed E-state index contributed by atoms with van der Waals surface area (Å²) in [5.74, 6) is 0. The molecule has 2 aromatic rings. The van der Waals surface area contributed by atoms with Crippen LogP contribution in [0.5, 0.6) is 0 Å². The van der Waals surface area contributed by atoms with Gasteiger partial charge < -0.3 is 15.3 Å². The van der Waals surface area contributed by atoms with Gasteiger partial charge >= 0.3 is 10.4 Å². The van der Waals surface area contributed by atoms with E-state index in [9.17, 15) is 8.42 Å². The van der Waals surface area contributed by atoms with E-state index in [0.717, 1.165) is 0 Å². The second kappa shape index (κ2) is 13.5. The summed E-state index contributed by atoms with van der Waals surface area (Å²) in [5.41, 5.74) is -1.46. The maximum atomic E-state index is 10.1. The first-order valence-corrected chi connectivity index (χ1v) is 8.70. The summed E-state index contributed by atoms with van der Waals surface area (Å²) in [6, 6.07) is 24.0. The number of aliphatic hydroxyl groups excluding tert-OH is 3. The van der Waals surface area contributed by atoms with Crippen molar-refractivity contribution in [3.8, 4) is 0 Å². The Morgan fingerprint density at radius 3 is 1.04 bits per heavy atom. The van der Waals surface area contributed by atoms with Crippen molar-refractivity contribution in [3.05, 3.63) is 72.8 Å². The molecule has 2 rings (SSSR count). The van der Waals surface area contributed by atoms with E-state index in [-0.39, 0.29) is 0 Å². The average Bonchev–Trinajstić information content (AvgIpc) is 2.66. The lowest BCUT2D eigenvalue weighted by atomic mass is 9.93. The topological polar surface area (TPSA) is 124 Å². The Morgan fingerprint density at radius 2 is 0.880 bits per heavy atom. The van der Waals surface area contributed by atoms with Gasteiger partial charge in [-0.1, -0.05) is 72.8 Å². The van der Waals surface area contributed by atoms with E-state index in [0.29, 0.717) is 0 Å². The van der Waals surface area contributed by atoms with Crippen LogP contribution in [0.4, 0.5) is 0 Å². The van der Waals surface area contributed by atoms with Gasteiger partial charge in [-0.2, -0.15) is 8.42 Å². The highest BCUT2D eigenvalue weighted by Gasteiger charge is 2.30. The van der Waals surface area contributed by atoms with Crippen LogP contribution in [0.25, 0.3) is 0 Å². The molecule has 7 nitrogen and oxygen atoms in total. The highest BCUT2D eigenvalue weighted by Crippen LogP contribution is 2.15. The Morgan fingerprint density at radius 1 is 0.640 bits per heavy atom. The Balaban J connectivity index is 0.000000392. The Bertz CT molecular complexity index is 521. The van der Waals surface area contributed by atoms with E-state index in [1.807, 2.05) is 72.8 Å². The minimum atomic E-state index is -4.62. The third kappa shape index (κ3) is 13.2. The number of hydrogen-bond acceptors (Lipinski definition) is 6. The molecule has 0 aliphatic rings. The van der Waals surface area contributed by atoms with Gasteiger partial charge in [0.1, 0.15) is 0 Å². The molecular weight excluding hydrogens is 348 g/mol. The lowest BCUT2D eigenvalue weighted by Gasteiger charge is -2.25. The van der Waals surface area contributed by atoms with Crippen LogP contribution in [-0.4, -0.2) is 54.7 Å². The quantitative estimate of drug-likeness (QED) is 0.561. The molecule has 0 heterocycles. The molecule has 0 amide bonds. The third-order valence-corrected chi connectivity index (χ3v) is 3.27. The standard InChI is InChI=1S/2C6H6.C5H12O7S/c2*1-2-4-6-5-3-1;6-1-5(2-7,3-8)4-12-13(9,10)11/h2*1-6H;6-8H,1-4H2,(H,9,10,11). The van der Waals surface area contributed by atoms with Crippen molar-refractivity contribution in [1.82, 2.24) is 0 Å². The monoisotopic (exact) mass is 372 g/mol. The highest BCUT2D eigenvalue weighted by atomic mass is 32.3. The largest absolute Gasteiger partial charge is 0.397 e. The second-order valence-electron chi connectivity index (χ2n) is 4.97. The van der Waals surface area contributed by atoms with E-state index < -0.39 is 42.2 Å². The molecule has 0 aromatic heterocycles. The van der Waals surface area contributed by atoms with Crippen molar-refractivity contribution < 1.29 is 32.5 Å². The molecule has 0 fully saturated rings. The summed E-state index contributed by atoms with van der Waals surface area (Å²) >= 11 is 0. The molecule has 0 spiro atoms. The zero-order valence-electron chi connectivity index (χ0n) is 13.7. The molecule has 2 aromatic carbocycles. The van der Waals surface area contributed by atoms with Crippen molar-refractivity contribution in [2.24, 2.45) is 5.41 Å². The van der Waals surface area contributed by atoms with Gasteiger partial charge in [0, 0.05) is 0 Å². The molecule has 0 aliphatic carbocycles. The van der Waals surface area contributed by atoms with E-state index in [2.05, 4.69) is 4.18 Å². The normalized spacial score (nSPS) is 10.7. The van der Waals surface area contributed by atoms with Gasteiger partial charge in [0.15, 0.2) is 0 Å². The molecule has 0 aliphatic heterocycles. The number of aliphatic hydroxyl groups is 3. The van der Waals surface area contributed by atoms with Crippen molar-refractivity contribution in [2.75, 3.05) is 26.4 Å². The highest BCUT2D eigenvalue weighted by molar-refractivity contribution is 7.80. The summed E-state index contributed by atoms with van der Waals surface area (Å²) in [6.07, 6.45) is 0. The molecule has 0 bridgehead atoms. The van der Waals surface area contributed by atoms with Crippen LogP contribution in [0.15, 0.2) is 72.8 Å². The molecular formula is C17H24O7S. The SMILES string of the molecule is O=S(=O)(O)OCC(CO)(CO)CO.c1ccccc1.c1ccccc1. The number of benzene rings is 2. The van der Waals surface area contributed by atoms with Gasteiger partial charge in [0.05, 0.1) is 31.8 Å². The van der Waals surface area contributed by atoms with Gasteiger partial charge in [0.25, 0.3) is 0 Å². The lowest BCUT2D eigenvalue weighted by Crippen LogP contribution is -2.39. The first kappa shape index (κ1) is 23.2. The molecule has 8 heteroatoms. The van der Waals surface area contributed by atoms with E-state index >= 15 is 0 Å². The Kier molecular flexibility index (Phi) is 12.5. The molecule has 25 heavy (non-hydrogen) atoms.